The summed E-state index contributed by atoms with van der Waals surface area (Å²) >= 11 is 5.92. The number of aryl methyl sites for hydroxylation is 1. The minimum Gasteiger partial charge on any atom is -0.494 e. The second-order valence-electron chi connectivity index (χ2n) is 8.22. The Labute approximate surface area is 204 Å². The molecule has 1 aromatic heterocycles. The highest BCUT2D eigenvalue weighted by molar-refractivity contribution is 6.30. The summed E-state index contributed by atoms with van der Waals surface area (Å²) in [6, 6.07) is 14.6. The third kappa shape index (κ3) is 6.17. The van der Waals surface area contributed by atoms with Crippen LogP contribution in [0.2, 0.25) is 5.02 Å². The highest BCUT2D eigenvalue weighted by Gasteiger charge is 2.24. The smallest absolute Gasteiger partial charge is 0.253 e. The number of piperidine rings is 1. The first-order chi connectivity index (χ1) is 16.5. The summed E-state index contributed by atoms with van der Waals surface area (Å²) in [5, 5.41) is 3.74. The molecule has 0 unspecified atom stereocenters. The second kappa shape index (κ2) is 11.2. The predicted molar refractivity (Wildman–Crippen MR) is 130 cm³/mol. The SMILES string of the molecule is CCOc1ccc(C(=O)N2CCC(NC(=O)CCc3ncc(-c4ccc(Cl)cc4)o3)CC2)cc1. The Hall–Kier alpha value is -3.32. The number of ether oxygens (including phenoxy) is 1. The summed E-state index contributed by atoms with van der Waals surface area (Å²) in [5.41, 5.74) is 1.54. The van der Waals surface area contributed by atoms with Crippen molar-refractivity contribution in [2.24, 2.45) is 0 Å². The maximum Gasteiger partial charge on any atom is 0.253 e. The molecule has 1 N–H and O–H groups in total. The van der Waals surface area contributed by atoms with Gasteiger partial charge in [0.15, 0.2) is 11.7 Å². The monoisotopic (exact) mass is 481 g/mol. The summed E-state index contributed by atoms with van der Waals surface area (Å²) in [6.45, 7) is 3.74. The van der Waals surface area contributed by atoms with Crippen molar-refractivity contribution in [2.75, 3.05) is 19.7 Å². The average molecular weight is 482 g/mol. The van der Waals surface area contributed by atoms with Gasteiger partial charge in [0.25, 0.3) is 5.91 Å². The van der Waals surface area contributed by atoms with Gasteiger partial charge in [0.1, 0.15) is 5.75 Å². The van der Waals surface area contributed by atoms with Gasteiger partial charge in [0.05, 0.1) is 12.8 Å². The van der Waals surface area contributed by atoms with E-state index in [0.717, 1.165) is 24.2 Å². The van der Waals surface area contributed by atoms with E-state index >= 15 is 0 Å². The molecule has 1 aliphatic heterocycles. The second-order valence-corrected chi connectivity index (χ2v) is 8.65. The lowest BCUT2D eigenvalue weighted by Crippen LogP contribution is -2.46. The molecule has 8 heteroatoms. The van der Waals surface area contributed by atoms with Crippen LogP contribution in [0.1, 0.15) is 42.4 Å². The summed E-state index contributed by atoms with van der Waals surface area (Å²) in [5.74, 6) is 1.90. The van der Waals surface area contributed by atoms with E-state index in [1.54, 1.807) is 30.5 Å². The third-order valence-electron chi connectivity index (χ3n) is 5.81. The van der Waals surface area contributed by atoms with E-state index in [1.807, 2.05) is 36.1 Å². The van der Waals surface area contributed by atoms with Crippen LogP contribution in [0.5, 0.6) is 5.75 Å². The molecule has 1 aliphatic rings. The van der Waals surface area contributed by atoms with Crippen molar-refractivity contribution >= 4 is 23.4 Å². The number of hydrogen-bond acceptors (Lipinski definition) is 5. The van der Waals surface area contributed by atoms with E-state index in [-0.39, 0.29) is 17.9 Å². The van der Waals surface area contributed by atoms with Crippen LogP contribution in [0.4, 0.5) is 0 Å². The molecular weight excluding hydrogens is 454 g/mol. The van der Waals surface area contributed by atoms with Crippen LogP contribution in [0.25, 0.3) is 11.3 Å². The van der Waals surface area contributed by atoms with Gasteiger partial charge in [-0.05, 0) is 68.3 Å². The molecular formula is C26H28ClN3O4. The van der Waals surface area contributed by atoms with E-state index in [0.29, 0.717) is 54.8 Å². The van der Waals surface area contributed by atoms with Gasteiger partial charge in [0, 0.05) is 48.1 Å². The van der Waals surface area contributed by atoms with Gasteiger partial charge in [-0.2, -0.15) is 0 Å². The zero-order chi connectivity index (χ0) is 23.9. The molecule has 1 saturated heterocycles. The van der Waals surface area contributed by atoms with Gasteiger partial charge in [-0.15, -0.1) is 0 Å². The lowest BCUT2D eigenvalue weighted by atomic mass is 10.0. The first kappa shape index (κ1) is 23.8. The number of oxazole rings is 1. The maximum absolute atomic E-state index is 12.8. The van der Waals surface area contributed by atoms with E-state index < -0.39 is 0 Å². The molecule has 0 saturated carbocycles. The molecule has 7 nitrogen and oxygen atoms in total. The number of carbonyl (C=O) groups is 2. The first-order valence-corrected chi connectivity index (χ1v) is 11.9. The maximum atomic E-state index is 12.8. The molecule has 2 aromatic carbocycles. The Morgan fingerprint density at radius 2 is 1.82 bits per heavy atom. The third-order valence-corrected chi connectivity index (χ3v) is 6.06. The average Bonchev–Trinajstić information content (AvgIpc) is 3.33. The van der Waals surface area contributed by atoms with Crippen LogP contribution >= 0.6 is 11.6 Å². The summed E-state index contributed by atoms with van der Waals surface area (Å²) in [7, 11) is 0. The molecule has 1 fully saturated rings. The Morgan fingerprint density at radius 3 is 2.50 bits per heavy atom. The van der Waals surface area contributed by atoms with Gasteiger partial charge >= 0.3 is 0 Å². The van der Waals surface area contributed by atoms with E-state index in [1.165, 1.54) is 0 Å². The summed E-state index contributed by atoms with van der Waals surface area (Å²) in [4.78, 5) is 31.3. The largest absolute Gasteiger partial charge is 0.494 e. The van der Waals surface area contributed by atoms with Crippen molar-refractivity contribution in [3.63, 3.8) is 0 Å². The number of nitrogens with zero attached hydrogens (tertiary/aromatic N) is 2. The quantitative estimate of drug-likeness (QED) is 0.502. The highest BCUT2D eigenvalue weighted by atomic mass is 35.5. The topological polar surface area (TPSA) is 84.7 Å². The fraction of sp³-hybridized carbons (Fsp3) is 0.346. The molecule has 0 radical (unpaired) electrons. The van der Waals surface area contributed by atoms with E-state index in [4.69, 9.17) is 20.8 Å². The molecule has 0 spiro atoms. The normalized spacial score (nSPS) is 14.1. The molecule has 178 valence electrons. The molecule has 2 heterocycles. The van der Waals surface area contributed by atoms with Crippen molar-refractivity contribution in [1.82, 2.24) is 15.2 Å². The molecule has 2 amide bonds. The van der Waals surface area contributed by atoms with Crippen LogP contribution in [-0.4, -0.2) is 47.4 Å². The minimum absolute atomic E-state index is 0.00760. The van der Waals surface area contributed by atoms with E-state index in [9.17, 15) is 9.59 Å². The van der Waals surface area contributed by atoms with Gasteiger partial charge in [-0.1, -0.05) is 11.6 Å². The van der Waals surface area contributed by atoms with Crippen molar-refractivity contribution in [3.8, 4) is 17.1 Å². The van der Waals surface area contributed by atoms with Gasteiger partial charge in [0.2, 0.25) is 5.91 Å². The van der Waals surface area contributed by atoms with Crippen molar-refractivity contribution < 1.29 is 18.7 Å². The Kier molecular flexibility index (Phi) is 7.85. The number of likely N-dealkylation sites (tertiary alicyclic amines) is 1. The fourth-order valence-corrected chi connectivity index (χ4v) is 4.09. The zero-order valence-corrected chi connectivity index (χ0v) is 19.9. The van der Waals surface area contributed by atoms with Crippen LogP contribution < -0.4 is 10.1 Å². The van der Waals surface area contributed by atoms with Crippen LogP contribution in [0.3, 0.4) is 0 Å². The lowest BCUT2D eigenvalue weighted by molar-refractivity contribution is -0.122. The standard InChI is InChI=1S/C26H28ClN3O4/c1-2-33-22-9-5-19(6-10-22)26(32)30-15-13-21(14-16-30)29-24(31)11-12-25-28-17-23(34-25)18-3-7-20(27)8-4-18/h3-10,17,21H,2,11-16H2,1H3,(H,29,31). The fourth-order valence-electron chi connectivity index (χ4n) is 3.96. The van der Waals surface area contributed by atoms with E-state index in [2.05, 4.69) is 10.3 Å². The Balaban J connectivity index is 1.20. The van der Waals surface area contributed by atoms with Crippen LogP contribution in [-0.2, 0) is 11.2 Å². The van der Waals surface area contributed by atoms with Crippen molar-refractivity contribution in [3.05, 3.63) is 71.2 Å². The Morgan fingerprint density at radius 1 is 1.12 bits per heavy atom. The number of benzene rings is 2. The number of amides is 2. The zero-order valence-electron chi connectivity index (χ0n) is 19.1. The predicted octanol–water partition coefficient (Wildman–Crippen LogP) is 4.75. The number of halogens is 1. The number of rotatable bonds is 8. The van der Waals surface area contributed by atoms with Crippen molar-refractivity contribution in [1.29, 1.82) is 0 Å². The molecule has 3 aromatic rings. The number of nitrogens with one attached hydrogen (secondary N) is 1. The van der Waals surface area contributed by atoms with Crippen LogP contribution in [0.15, 0.2) is 59.1 Å². The molecule has 4 rings (SSSR count). The van der Waals surface area contributed by atoms with Gasteiger partial charge in [-0.3, -0.25) is 9.59 Å². The molecule has 0 aliphatic carbocycles. The number of aromatic nitrogens is 1. The molecule has 0 bridgehead atoms. The van der Waals surface area contributed by atoms with Gasteiger partial charge < -0.3 is 19.4 Å². The number of carbonyl (C=O) groups excluding carboxylic acids is 2. The lowest BCUT2D eigenvalue weighted by Gasteiger charge is -2.32. The molecule has 34 heavy (non-hydrogen) atoms. The minimum atomic E-state index is -0.0393. The van der Waals surface area contributed by atoms with Crippen LogP contribution in [0, 0.1) is 0 Å². The Bertz CT molecular complexity index is 1100. The number of hydrogen-bond donors (Lipinski definition) is 1. The van der Waals surface area contributed by atoms with Crippen molar-refractivity contribution in [2.45, 2.75) is 38.6 Å². The summed E-state index contributed by atoms with van der Waals surface area (Å²) < 4.78 is 11.2. The first-order valence-electron chi connectivity index (χ1n) is 11.5. The van der Waals surface area contributed by atoms with Gasteiger partial charge in [-0.25, -0.2) is 4.98 Å². The summed E-state index contributed by atoms with van der Waals surface area (Å²) in [6.07, 6.45) is 3.84. The highest BCUT2D eigenvalue weighted by Crippen LogP contribution is 2.23. The molecule has 0 atom stereocenters.